The molecule has 0 unspecified atom stereocenters. The van der Waals surface area contributed by atoms with Crippen LogP contribution < -0.4 is 0 Å². The summed E-state index contributed by atoms with van der Waals surface area (Å²) in [5.74, 6) is 0. The van der Waals surface area contributed by atoms with Gasteiger partial charge in [0.05, 0.1) is 10.7 Å². The van der Waals surface area contributed by atoms with Crippen LogP contribution in [0.5, 0.6) is 0 Å². The Morgan fingerprint density at radius 1 is 0.800 bits per heavy atom. The van der Waals surface area contributed by atoms with Gasteiger partial charge in [-0.1, -0.05) is 32.6 Å². The molecule has 0 nitrogen and oxygen atoms in total. The van der Waals surface area contributed by atoms with Crippen LogP contribution in [-0.2, 0) is 0 Å². The average molecular weight is 339 g/mol. The molecule has 0 aliphatic heterocycles. The molecule has 96 valence electrons. The average Bonchev–Trinajstić information content (AvgIpc) is 2.15. The van der Waals surface area contributed by atoms with E-state index >= 15 is 0 Å². The van der Waals surface area contributed by atoms with Gasteiger partial charge in [-0.3, -0.25) is 0 Å². The van der Waals surface area contributed by atoms with Crippen LogP contribution >= 0.6 is 69.6 Å². The zero-order chi connectivity index (χ0) is 12.5. The van der Waals surface area contributed by atoms with Gasteiger partial charge in [0.1, 0.15) is 4.84 Å². The SMILES string of the molecule is CCCCCCC(Cl)Cl.ClCCl.ClCCl. The van der Waals surface area contributed by atoms with Crippen LogP contribution in [0.3, 0.4) is 0 Å². The Morgan fingerprint density at radius 2 is 1.20 bits per heavy atom. The summed E-state index contributed by atoms with van der Waals surface area (Å²) in [6.45, 7) is 2.19. The van der Waals surface area contributed by atoms with Gasteiger partial charge < -0.3 is 0 Å². The van der Waals surface area contributed by atoms with Crippen LogP contribution in [0, 0.1) is 0 Å². The largest absolute Gasteiger partial charge is 0.109 e. The van der Waals surface area contributed by atoms with Crippen molar-refractivity contribution in [1.82, 2.24) is 0 Å². The minimum Gasteiger partial charge on any atom is -0.109 e. The summed E-state index contributed by atoms with van der Waals surface area (Å²) in [5.41, 5.74) is 0. The van der Waals surface area contributed by atoms with Crippen molar-refractivity contribution in [2.24, 2.45) is 0 Å². The van der Waals surface area contributed by atoms with E-state index in [1.54, 1.807) is 0 Å². The second-order valence-corrected chi connectivity index (χ2v) is 5.34. The first-order valence-corrected chi connectivity index (χ1v) is 7.63. The molecule has 0 saturated carbocycles. The van der Waals surface area contributed by atoms with Crippen molar-refractivity contribution >= 4 is 69.6 Å². The molecule has 0 heterocycles. The molecule has 0 bridgehead atoms. The molecule has 6 heteroatoms. The lowest BCUT2D eigenvalue weighted by Gasteiger charge is -1.98. The summed E-state index contributed by atoms with van der Waals surface area (Å²) in [6, 6.07) is 0. The summed E-state index contributed by atoms with van der Waals surface area (Å²) in [7, 11) is 0. The van der Waals surface area contributed by atoms with E-state index in [0.29, 0.717) is 0 Å². The normalized spacial score (nSPS) is 8.80. The van der Waals surface area contributed by atoms with Crippen molar-refractivity contribution in [3.05, 3.63) is 0 Å². The van der Waals surface area contributed by atoms with E-state index in [1.165, 1.54) is 25.7 Å². The molecule has 0 spiro atoms. The molecule has 0 aromatic rings. The van der Waals surface area contributed by atoms with Crippen molar-refractivity contribution < 1.29 is 0 Å². The minimum absolute atomic E-state index is 0.151. The first-order valence-electron chi connectivity index (χ1n) is 4.62. The van der Waals surface area contributed by atoms with Crippen LogP contribution in [0.1, 0.15) is 39.0 Å². The predicted octanol–water partition coefficient (Wildman–Crippen LogP) is 6.60. The Kier molecular flexibility index (Phi) is 36.3. The summed E-state index contributed by atoms with van der Waals surface area (Å²) >= 11 is 30.1. The quantitative estimate of drug-likeness (QED) is 0.391. The van der Waals surface area contributed by atoms with Gasteiger partial charge in [0, 0.05) is 0 Å². The van der Waals surface area contributed by atoms with E-state index in [4.69, 9.17) is 69.6 Å². The van der Waals surface area contributed by atoms with Gasteiger partial charge in [-0.15, -0.1) is 69.6 Å². The second-order valence-electron chi connectivity index (χ2n) is 2.44. The van der Waals surface area contributed by atoms with E-state index < -0.39 is 0 Å². The van der Waals surface area contributed by atoms with Gasteiger partial charge in [0.2, 0.25) is 0 Å². The highest BCUT2D eigenvalue weighted by atomic mass is 35.5. The molecule has 0 aromatic carbocycles. The number of rotatable bonds is 5. The Hall–Kier alpha value is 1.74. The smallest absolute Gasteiger partial charge is 0.107 e. The Balaban J connectivity index is -0.000000200. The lowest BCUT2D eigenvalue weighted by molar-refractivity contribution is 0.650. The maximum absolute atomic E-state index is 5.52. The maximum Gasteiger partial charge on any atom is 0.107 e. The first-order chi connectivity index (χ1) is 7.10. The van der Waals surface area contributed by atoms with Crippen LogP contribution in [0.4, 0.5) is 0 Å². The Bertz CT molecular complexity index is 77.0. The molecular weight excluding hydrogens is 321 g/mol. The third-order valence-electron chi connectivity index (χ3n) is 1.28. The van der Waals surface area contributed by atoms with Gasteiger partial charge in [-0.05, 0) is 6.42 Å². The van der Waals surface area contributed by atoms with E-state index in [9.17, 15) is 0 Å². The number of hydrogen-bond donors (Lipinski definition) is 0. The van der Waals surface area contributed by atoms with Crippen molar-refractivity contribution in [2.45, 2.75) is 43.9 Å². The van der Waals surface area contributed by atoms with Gasteiger partial charge >= 0.3 is 0 Å². The molecule has 0 amide bonds. The highest BCUT2D eigenvalue weighted by Gasteiger charge is 1.96. The van der Waals surface area contributed by atoms with Crippen LogP contribution in [0.15, 0.2) is 0 Å². The summed E-state index contributed by atoms with van der Waals surface area (Å²) in [6.07, 6.45) is 5.97. The summed E-state index contributed by atoms with van der Waals surface area (Å²) in [5, 5.41) is 0.389. The van der Waals surface area contributed by atoms with Gasteiger partial charge in [0.15, 0.2) is 0 Å². The molecule has 0 radical (unpaired) electrons. The summed E-state index contributed by atoms with van der Waals surface area (Å²) in [4.78, 5) is -0.151. The number of unbranched alkanes of at least 4 members (excludes halogenated alkanes) is 3. The Labute approximate surface area is 123 Å². The topological polar surface area (TPSA) is 0 Å². The van der Waals surface area contributed by atoms with Gasteiger partial charge in [-0.25, -0.2) is 0 Å². The van der Waals surface area contributed by atoms with Crippen LogP contribution in [0.2, 0.25) is 0 Å². The summed E-state index contributed by atoms with van der Waals surface area (Å²) < 4.78 is 0. The van der Waals surface area contributed by atoms with Gasteiger partial charge in [-0.2, -0.15) is 0 Å². The monoisotopic (exact) mass is 336 g/mol. The number of alkyl halides is 6. The van der Waals surface area contributed by atoms with Crippen molar-refractivity contribution in [2.75, 3.05) is 10.7 Å². The molecule has 0 aliphatic carbocycles. The van der Waals surface area contributed by atoms with Crippen molar-refractivity contribution in [3.63, 3.8) is 0 Å². The minimum atomic E-state index is -0.151. The molecule has 0 aromatic heterocycles. The molecular formula is C9H18Cl6. The molecule has 0 atom stereocenters. The number of hydrogen-bond acceptors (Lipinski definition) is 0. The molecule has 15 heavy (non-hydrogen) atoms. The fraction of sp³-hybridized carbons (Fsp3) is 1.00. The van der Waals surface area contributed by atoms with Crippen LogP contribution in [0.25, 0.3) is 0 Å². The molecule has 0 rings (SSSR count). The highest BCUT2D eigenvalue weighted by molar-refractivity contribution is 6.44. The van der Waals surface area contributed by atoms with E-state index in [0.717, 1.165) is 6.42 Å². The first kappa shape index (κ1) is 22.0. The maximum atomic E-state index is 5.52. The molecule has 0 fully saturated rings. The standard InChI is InChI=1S/C7H14Cl2.2CH2Cl2/c1-2-3-4-5-6-7(8)9;2*2-1-3/h7H,2-6H2,1H3;2*1H2. The predicted molar refractivity (Wildman–Crippen MR) is 77.4 cm³/mol. The fourth-order valence-electron chi connectivity index (χ4n) is 0.725. The van der Waals surface area contributed by atoms with E-state index in [-0.39, 0.29) is 15.5 Å². The Morgan fingerprint density at radius 3 is 1.47 bits per heavy atom. The lowest BCUT2D eigenvalue weighted by Crippen LogP contribution is -1.85. The second kappa shape index (κ2) is 24.8. The molecule has 0 N–H and O–H groups in total. The fourth-order valence-corrected chi connectivity index (χ4v) is 1.03. The molecule has 0 saturated heterocycles. The zero-order valence-electron chi connectivity index (χ0n) is 8.79. The lowest BCUT2D eigenvalue weighted by atomic mass is 10.2. The van der Waals surface area contributed by atoms with Crippen molar-refractivity contribution in [1.29, 1.82) is 0 Å². The zero-order valence-corrected chi connectivity index (χ0v) is 13.3. The number of halogens is 6. The van der Waals surface area contributed by atoms with E-state index in [1.807, 2.05) is 0 Å². The van der Waals surface area contributed by atoms with E-state index in [2.05, 4.69) is 6.92 Å². The highest BCUT2D eigenvalue weighted by Crippen LogP contribution is 2.12. The van der Waals surface area contributed by atoms with Crippen LogP contribution in [-0.4, -0.2) is 15.5 Å². The molecule has 0 aliphatic rings. The third-order valence-corrected chi connectivity index (χ3v) is 1.71. The van der Waals surface area contributed by atoms with Crippen molar-refractivity contribution in [3.8, 4) is 0 Å². The third kappa shape index (κ3) is 49.6. The van der Waals surface area contributed by atoms with Gasteiger partial charge in [0.25, 0.3) is 0 Å².